The number of anilines is 1. The lowest BCUT2D eigenvalue weighted by Gasteiger charge is -2.19. The molecule has 7 nitrogen and oxygen atoms in total. The molecular weight excluding hydrogens is 324 g/mol. The summed E-state index contributed by atoms with van der Waals surface area (Å²) in [5, 5.41) is 2.81. The summed E-state index contributed by atoms with van der Waals surface area (Å²) in [4.78, 5) is 36.7. The van der Waals surface area contributed by atoms with Crippen LogP contribution in [0.15, 0.2) is 18.2 Å². The highest BCUT2D eigenvalue weighted by Gasteiger charge is 2.37. The van der Waals surface area contributed by atoms with E-state index in [1.807, 2.05) is 0 Å². The maximum absolute atomic E-state index is 12.2. The van der Waals surface area contributed by atoms with Gasteiger partial charge in [-0.05, 0) is 18.2 Å². The third kappa shape index (κ3) is 3.92. The van der Waals surface area contributed by atoms with Gasteiger partial charge in [-0.2, -0.15) is 0 Å². The van der Waals surface area contributed by atoms with Gasteiger partial charge in [0.05, 0.1) is 18.7 Å². The van der Waals surface area contributed by atoms with Gasteiger partial charge in [0.2, 0.25) is 5.91 Å². The molecule has 0 aromatic heterocycles. The summed E-state index contributed by atoms with van der Waals surface area (Å²) in [5.41, 5.74) is 0.506. The molecule has 1 fully saturated rings. The Labute approximate surface area is 138 Å². The molecule has 0 bridgehead atoms. The minimum Gasteiger partial charge on any atom is -0.495 e. The molecule has 0 unspecified atom stereocenters. The Morgan fingerprint density at radius 3 is 2.83 bits per heavy atom. The average Bonchev–Trinajstić information content (AvgIpc) is 2.93. The van der Waals surface area contributed by atoms with Gasteiger partial charge in [-0.1, -0.05) is 11.6 Å². The van der Waals surface area contributed by atoms with Crippen LogP contribution in [-0.4, -0.2) is 45.1 Å². The first-order valence-corrected chi connectivity index (χ1v) is 7.35. The van der Waals surface area contributed by atoms with Crippen LogP contribution in [0.2, 0.25) is 5.02 Å². The smallest absolute Gasteiger partial charge is 0.311 e. The van der Waals surface area contributed by atoms with Crippen molar-refractivity contribution < 1.29 is 23.9 Å². The van der Waals surface area contributed by atoms with Gasteiger partial charge in [-0.3, -0.25) is 14.4 Å². The molecule has 1 atom stereocenters. The van der Waals surface area contributed by atoms with Crippen molar-refractivity contribution in [3.63, 3.8) is 0 Å². The third-order valence-corrected chi connectivity index (χ3v) is 3.75. The van der Waals surface area contributed by atoms with E-state index in [1.165, 1.54) is 19.1 Å². The SMILES string of the molecule is CNC(=O)COC(=O)[C@H]1CC(=O)N(c2cc(Cl)ccc2OC)C1. The summed E-state index contributed by atoms with van der Waals surface area (Å²) >= 11 is 5.97. The lowest BCUT2D eigenvalue weighted by atomic mass is 10.1. The lowest BCUT2D eigenvalue weighted by Crippen LogP contribution is -2.29. The minimum absolute atomic E-state index is 0.0161. The van der Waals surface area contributed by atoms with Gasteiger partial charge in [0.1, 0.15) is 5.75 Å². The lowest BCUT2D eigenvalue weighted by molar-refractivity contribution is -0.152. The number of carbonyl (C=O) groups is 3. The van der Waals surface area contributed by atoms with E-state index in [2.05, 4.69) is 5.32 Å². The monoisotopic (exact) mass is 340 g/mol. The second-order valence-electron chi connectivity index (χ2n) is 5.00. The fraction of sp³-hybridized carbons (Fsp3) is 0.400. The van der Waals surface area contributed by atoms with Crippen molar-refractivity contribution in [2.24, 2.45) is 5.92 Å². The second-order valence-corrected chi connectivity index (χ2v) is 5.44. The van der Waals surface area contributed by atoms with E-state index in [-0.39, 0.29) is 25.5 Å². The minimum atomic E-state index is -0.629. The predicted octanol–water partition coefficient (Wildman–Crippen LogP) is 0.991. The van der Waals surface area contributed by atoms with Crippen molar-refractivity contribution in [3.05, 3.63) is 23.2 Å². The topological polar surface area (TPSA) is 84.9 Å². The number of likely N-dealkylation sites (N-methyl/N-ethyl adjacent to an activating group) is 1. The Morgan fingerprint density at radius 2 is 2.17 bits per heavy atom. The van der Waals surface area contributed by atoms with Crippen molar-refractivity contribution in [2.75, 3.05) is 32.2 Å². The molecule has 1 aromatic carbocycles. The Bertz CT molecular complexity index is 634. The average molecular weight is 341 g/mol. The first kappa shape index (κ1) is 17.1. The van der Waals surface area contributed by atoms with E-state index in [9.17, 15) is 14.4 Å². The Hall–Kier alpha value is -2.28. The molecule has 8 heteroatoms. The Balaban J connectivity index is 2.09. The highest BCUT2D eigenvalue weighted by molar-refractivity contribution is 6.31. The third-order valence-electron chi connectivity index (χ3n) is 3.51. The van der Waals surface area contributed by atoms with E-state index in [0.717, 1.165) is 0 Å². The number of nitrogens with zero attached hydrogens (tertiary/aromatic N) is 1. The van der Waals surface area contributed by atoms with Crippen LogP contribution < -0.4 is 15.0 Å². The van der Waals surface area contributed by atoms with Gasteiger partial charge < -0.3 is 19.7 Å². The van der Waals surface area contributed by atoms with E-state index < -0.39 is 17.8 Å². The predicted molar refractivity (Wildman–Crippen MR) is 83.5 cm³/mol. The molecule has 2 rings (SSSR count). The maximum Gasteiger partial charge on any atom is 0.311 e. The zero-order valence-corrected chi connectivity index (χ0v) is 13.6. The van der Waals surface area contributed by atoms with Gasteiger partial charge in [-0.15, -0.1) is 0 Å². The van der Waals surface area contributed by atoms with Crippen LogP contribution >= 0.6 is 11.6 Å². The van der Waals surface area contributed by atoms with Crippen LogP contribution in [0.1, 0.15) is 6.42 Å². The summed E-state index contributed by atoms with van der Waals surface area (Å²) in [6.45, 7) is -0.206. The first-order valence-electron chi connectivity index (χ1n) is 6.97. The van der Waals surface area contributed by atoms with Crippen molar-refractivity contribution in [3.8, 4) is 5.75 Å². The highest BCUT2D eigenvalue weighted by atomic mass is 35.5. The van der Waals surface area contributed by atoms with E-state index >= 15 is 0 Å². The molecule has 1 aliphatic rings. The van der Waals surface area contributed by atoms with Gasteiger partial charge in [0.25, 0.3) is 5.91 Å². The van der Waals surface area contributed by atoms with Crippen molar-refractivity contribution in [1.29, 1.82) is 0 Å². The standard InChI is InChI=1S/C15H17ClN2O5/c1-17-13(19)8-23-15(21)9-5-14(20)18(7-9)11-6-10(16)3-4-12(11)22-2/h3-4,6,9H,5,7-8H2,1-2H3,(H,17,19)/t9-/m0/s1. The Kier molecular flexibility index (Phi) is 5.44. The van der Waals surface area contributed by atoms with Crippen LogP contribution in [-0.2, 0) is 19.1 Å². The number of rotatable bonds is 5. The summed E-state index contributed by atoms with van der Waals surface area (Å²) in [5.74, 6) is -1.35. The largest absolute Gasteiger partial charge is 0.495 e. The normalized spacial score (nSPS) is 17.1. The number of benzene rings is 1. The zero-order valence-electron chi connectivity index (χ0n) is 12.8. The molecule has 1 N–H and O–H groups in total. The zero-order chi connectivity index (χ0) is 17.0. The summed E-state index contributed by atoms with van der Waals surface area (Å²) in [6.07, 6.45) is 0.0161. The van der Waals surface area contributed by atoms with Gasteiger partial charge in [0.15, 0.2) is 6.61 Å². The first-order chi connectivity index (χ1) is 11.0. The summed E-state index contributed by atoms with van der Waals surface area (Å²) < 4.78 is 10.1. The molecule has 0 aliphatic carbocycles. The molecule has 124 valence electrons. The van der Waals surface area contributed by atoms with Gasteiger partial charge in [0, 0.05) is 25.0 Å². The number of amides is 2. The maximum atomic E-state index is 12.2. The van der Waals surface area contributed by atoms with Crippen LogP contribution in [0, 0.1) is 5.92 Å². The number of ether oxygens (including phenoxy) is 2. The fourth-order valence-electron chi connectivity index (χ4n) is 2.30. The van der Waals surface area contributed by atoms with Crippen LogP contribution in [0.5, 0.6) is 5.75 Å². The molecule has 1 aromatic rings. The van der Waals surface area contributed by atoms with Crippen LogP contribution in [0.3, 0.4) is 0 Å². The summed E-state index contributed by atoms with van der Waals surface area (Å²) in [7, 11) is 2.94. The van der Waals surface area contributed by atoms with Crippen LogP contribution in [0.25, 0.3) is 0 Å². The van der Waals surface area contributed by atoms with Crippen molar-refractivity contribution >= 4 is 35.1 Å². The highest BCUT2D eigenvalue weighted by Crippen LogP contribution is 2.35. The molecular formula is C15H17ClN2O5. The number of hydrogen-bond acceptors (Lipinski definition) is 5. The van der Waals surface area contributed by atoms with Gasteiger partial charge in [-0.25, -0.2) is 0 Å². The van der Waals surface area contributed by atoms with Crippen LogP contribution in [0.4, 0.5) is 5.69 Å². The van der Waals surface area contributed by atoms with E-state index in [0.29, 0.717) is 16.5 Å². The number of halogens is 1. The fourth-order valence-corrected chi connectivity index (χ4v) is 2.47. The number of hydrogen-bond donors (Lipinski definition) is 1. The van der Waals surface area contributed by atoms with Gasteiger partial charge >= 0.3 is 5.97 Å². The van der Waals surface area contributed by atoms with Crippen molar-refractivity contribution in [2.45, 2.75) is 6.42 Å². The molecule has 1 heterocycles. The van der Waals surface area contributed by atoms with Crippen molar-refractivity contribution in [1.82, 2.24) is 5.32 Å². The van der Waals surface area contributed by atoms with E-state index in [4.69, 9.17) is 21.1 Å². The second kappa shape index (κ2) is 7.32. The molecule has 0 radical (unpaired) electrons. The number of esters is 1. The molecule has 0 spiro atoms. The molecule has 1 aliphatic heterocycles. The van der Waals surface area contributed by atoms with E-state index in [1.54, 1.807) is 18.2 Å². The number of carbonyl (C=O) groups excluding carboxylic acids is 3. The Morgan fingerprint density at radius 1 is 1.43 bits per heavy atom. The number of methoxy groups -OCH3 is 1. The molecule has 0 saturated carbocycles. The molecule has 2 amide bonds. The number of nitrogens with one attached hydrogen (secondary N) is 1. The summed E-state index contributed by atoms with van der Waals surface area (Å²) in [6, 6.07) is 4.91. The molecule has 23 heavy (non-hydrogen) atoms. The quantitative estimate of drug-likeness (QED) is 0.808. The molecule has 1 saturated heterocycles.